The van der Waals surface area contributed by atoms with Crippen LogP contribution in [-0.4, -0.2) is 44.2 Å². The summed E-state index contributed by atoms with van der Waals surface area (Å²) < 4.78 is 5.84. The van der Waals surface area contributed by atoms with Crippen molar-refractivity contribution >= 4 is 29.9 Å². The molecule has 2 unspecified atom stereocenters. The Kier molecular flexibility index (Phi) is 8.94. The van der Waals surface area contributed by atoms with E-state index in [4.69, 9.17) is 10.5 Å². The predicted octanol–water partition coefficient (Wildman–Crippen LogP) is 2.08. The minimum absolute atomic E-state index is 0. The van der Waals surface area contributed by atoms with Gasteiger partial charge in [0.1, 0.15) is 0 Å². The van der Waals surface area contributed by atoms with Gasteiger partial charge >= 0.3 is 0 Å². The molecule has 0 radical (unpaired) electrons. The van der Waals surface area contributed by atoms with Crippen LogP contribution in [0.25, 0.3) is 0 Å². The molecule has 1 saturated carbocycles. The lowest BCUT2D eigenvalue weighted by Crippen LogP contribution is -2.31. The van der Waals surface area contributed by atoms with Crippen molar-refractivity contribution in [2.24, 2.45) is 16.6 Å². The highest BCUT2D eigenvalue weighted by molar-refractivity contribution is 14.0. The van der Waals surface area contributed by atoms with Crippen molar-refractivity contribution in [3.05, 3.63) is 0 Å². The smallest absolute Gasteiger partial charge is 0.190 e. The maximum Gasteiger partial charge on any atom is 0.190 e. The van der Waals surface area contributed by atoms with E-state index >= 15 is 0 Å². The second-order valence-electron chi connectivity index (χ2n) is 4.81. The van der Waals surface area contributed by atoms with E-state index in [-0.39, 0.29) is 24.0 Å². The molecule has 0 aromatic heterocycles. The van der Waals surface area contributed by atoms with Crippen LogP contribution in [0.3, 0.4) is 0 Å². The number of guanidine groups is 1. The zero-order valence-corrected chi connectivity index (χ0v) is 13.5. The molecule has 1 aliphatic rings. The summed E-state index contributed by atoms with van der Waals surface area (Å²) in [6, 6.07) is 0. The number of nitrogens with two attached hydrogens (primary N) is 1. The molecule has 2 N–H and O–H groups in total. The Morgan fingerprint density at radius 3 is 2.59 bits per heavy atom. The Bertz CT molecular complexity index is 234. The first-order valence-electron chi connectivity index (χ1n) is 6.20. The van der Waals surface area contributed by atoms with E-state index in [2.05, 4.69) is 11.9 Å². The van der Waals surface area contributed by atoms with Gasteiger partial charge in [0, 0.05) is 14.1 Å². The highest BCUT2D eigenvalue weighted by Crippen LogP contribution is 2.25. The third-order valence-electron chi connectivity index (χ3n) is 3.19. The first kappa shape index (κ1) is 17.0. The molecule has 0 aromatic rings. The molecular formula is C12H26IN3O. The van der Waals surface area contributed by atoms with Gasteiger partial charge in [-0.25, -0.2) is 0 Å². The summed E-state index contributed by atoms with van der Waals surface area (Å²) in [6.45, 7) is 3.62. The fourth-order valence-corrected chi connectivity index (χ4v) is 2.04. The number of nitrogens with zero attached hydrogens (tertiary/aromatic N) is 2. The molecular weight excluding hydrogens is 329 g/mol. The molecule has 5 heteroatoms. The van der Waals surface area contributed by atoms with Crippen molar-refractivity contribution in [2.45, 2.75) is 38.7 Å². The second kappa shape index (κ2) is 8.97. The molecule has 0 bridgehead atoms. The zero-order valence-electron chi connectivity index (χ0n) is 11.2. The lowest BCUT2D eigenvalue weighted by atomic mass is 9.88. The van der Waals surface area contributed by atoms with E-state index in [1.165, 1.54) is 25.7 Å². The van der Waals surface area contributed by atoms with Crippen LogP contribution in [0.2, 0.25) is 0 Å². The molecule has 0 spiro atoms. The largest absolute Gasteiger partial charge is 0.376 e. The molecule has 0 saturated heterocycles. The normalized spacial score (nSPS) is 25.2. The van der Waals surface area contributed by atoms with Gasteiger partial charge in [-0.15, -0.1) is 24.0 Å². The van der Waals surface area contributed by atoms with Gasteiger partial charge in [-0.2, -0.15) is 0 Å². The van der Waals surface area contributed by atoms with Crippen molar-refractivity contribution in [2.75, 3.05) is 27.2 Å². The van der Waals surface area contributed by atoms with E-state index in [1.807, 2.05) is 19.0 Å². The van der Waals surface area contributed by atoms with Crippen LogP contribution < -0.4 is 5.73 Å². The third-order valence-corrected chi connectivity index (χ3v) is 3.19. The molecule has 0 heterocycles. The highest BCUT2D eigenvalue weighted by atomic mass is 127. The minimum Gasteiger partial charge on any atom is -0.376 e. The maximum absolute atomic E-state index is 5.84. The Balaban J connectivity index is 0.00000256. The number of ether oxygens (including phenoxy) is 1. The van der Waals surface area contributed by atoms with Gasteiger partial charge in [-0.05, 0) is 18.8 Å². The van der Waals surface area contributed by atoms with Gasteiger partial charge in [-0.3, -0.25) is 4.99 Å². The summed E-state index contributed by atoms with van der Waals surface area (Å²) in [4.78, 5) is 6.04. The molecule has 17 heavy (non-hydrogen) atoms. The van der Waals surface area contributed by atoms with Gasteiger partial charge < -0.3 is 15.4 Å². The zero-order chi connectivity index (χ0) is 12.0. The third kappa shape index (κ3) is 6.45. The monoisotopic (exact) mass is 355 g/mol. The molecule has 102 valence electrons. The molecule has 0 aromatic carbocycles. The van der Waals surface area contributed by atoms with E-state index in [0.717, 1.165) is 0 Å². The molecule has 1 rings (SSSR count). The van der Waals surface area contributed by atoms with Crippen LogP contribution in [0, 0.1) is 5.92 Å². The van der Waals surface area contributed by atoms with Gasteiger partial charge in [-0.1, -0.05) is 19.8 Å². The molecule has 1 aliphatic carbocycles. The lowest BCUT2D eigenvalue weighted by Gasteiger charge is -2.28. The fraction of sp³-hybridized carbons (Fsp3) is 0.917. The first-order chi connectivity index (χ1) is 7.61. The van der Waals surface area contributed by atoms with Crippen LogP contribution >= 0.6 is 24.0 Å². The molecule has 1 fully saturated rings. The van der Waals surface area contributed by atoms with Crippen LogP contribution in [0.1, 0.15) is 32.6 Å². The SMILES string of the molecule is CC1CCCCC1OCCN=C(N)N(C)C.I. The summed E-state index contributed by atoms with van der Waals surface area (Å²) in [6.07, 6.45) is 5.59. The average Bonchev–Trinajstić information content (AvgIpc) is 2.26. The molecule has 0 amide bonds. The summed E-state index contributed by atoms with van der Waals surface area (Å²) in [7, 11) is 3.78. The topological polar surface area (TPSA) is 50.9 Å². The van der Waals surface area contributed by atoms with E-state index < -0.39 is 0 Å². The summed E-state index contributed by atoms with van der Waals surface area (Å²) >= 11 is 0. The lowest BCUT2D eigenvalue weighted by molar-refractivity contribution is -0.000686. The summed E-state index contributed by atoms with van der Waals surface area (Å²) in [5.41, 5.74) is 5.68. The van der Waals surface area contributed by atoms with Crippen molar-refractivity contribution < 1.29 is 4.74 Å². The highest BCUT2D eigenvalue weighted by Gasteiger charge is 2.21. The van der Waals surface area contributed by atoms with Crippen molar-refractivity contribution in [1.29, 1.82) is 0 Å². The van der Waals surface area contributed by atoms with Crippen molar-refractivity contribution in [3.8, 4) is 0 Å². The quantitative estimate of drug-likeness (QED) is 0.364. The van der Waals surface area contributed by atoms with Gasteiger partial charge in [0.05, 0.1) is 19.3 Å². The van der Waals surface area contributed by atoms with E-state index in [9.17, 15) is 0 Å². The van der Waals surface area contributed by atoms with Crippen molar-refractivity contribution in [3.63, 3.8) is 0 Å². The Hall–Kier alpha value is -0.0400. The van der Waals surface area contributed by atoms with Crippen molar-refractivity contribution in [1.82, 2.24) is 4.90 Å². The standard InChI is InChI=1S/C12H25N3O.HI/c1-10-6-4-5-7-11(10)16-9-8-14-12(13)15(2)3;/h10-11H,4-9H2,1-3H3,(H2,13,14);1H. The van der Waals surface area contributed by atoms with Gasteiger partial charge in [0.25, 0.3) is 0 Å². The summed E-state index contributed by atoms with van der Waals surface area (Å²) in [5.74, 6) is 1.27. The Morgan fingerprint density at radius 2 is 2.00 bits per heavy atom. The number of hydrogen-bond donors (Lipinski definition) is 1. The second-order valence-corrected chi connectivity index (χ2v) is 4.81. The Morgan fingerprint density at radius 1 is 1.35 bits per heavy atom. The number of halogens is 1. The first-order valence-corrected chi connectivity index (χ1v) is 6.20. The van der Waals surface area contributed by atoms with Crippen LogP contribution in [0.5, 0.6) is 0 Å². The maximum atomic E-state index is 5.84. The molecule has 0 aliphatic heterocycles. The van der Waals surface area contributed by atoms with Gasteiger partial charge in [0.15, 0.2) is 5.96 Å². The number of rotatable bonds is 4. The Labute approximate surface area is 122 Å². The number of aliphatic imine (C=N–C) groups is 1. The van der Waals surface area contributed by atoms with Crippen LogP contribution in [-0.2, 0) is 4.74 Å². The van der Waals surface area contributed by atoms with Crippen LogP contribution in [0.15, 0.2) is 4.99 Å². The predicted molar refractivity (Wildman–Crippen MR) is 83.0 cm³/mol. The molecule has 2 atom stereocenters. The number of hydrogen-bond acceptors (Lipinski definition) is 2. The molecule has 4 nitrogen and oxygen atoms in total. The summed E-state index contributed by atoms with van der Waals surface area (Å²) in [5, 5.41) is 0. The van der Waals surface area contributed by atoms with E-state index in [1.54, 1.807) is 0 Å². The van der Waals surface area contributed by atoms with Crippen LogP contribution in [0.4, 0.5) is 0 Å². The fourth-order valence-electron chi connectivity index (χ4n) is 2.04. The average molecular weight is 355 g/mol. The minimum atomic E-state index is 0. The van der Waals surface area contributed by atoms with Gasteiger partial charge in [0.2, 0.25) is 0 Å². The van der Waals surface area contributed by atoms with E-state index in [0.29, 0.717) is 31.1 Å².